The number of thioether (sulfide) groups is 1. The maximum Gasteiger partial charge on any atom is 0.259 e. The highest BCUT2D eigenvalue weighted by molar-refractivity contribution is 8.00. The zero-order chi connectivity index (χ0) is 21.5. The monoisotopic (exact) mass is 446 g/mol. The van der Waals surface area contributed by atoms with E-state index in [1.54, 1.807) is 60.3 Å². The number of nitrogens with zero attached hydrogens (tertiary/aromatic N) is 2. The first-order valence-corrected chi connectivity index (χ1v) is 11.3. The van der Waals surface area contributed by atoms with Crippen LogP contribution in [0.2, 0.25) is 0 Å². The lowest BCUT2D eigenvalue weighted by Crippen LogP contribution is -2.18. The van der Waals surface area contributed by atoms with Crippen molar-refractivity contribution in [3.8, 4) is 0 Å². The molecule has 0 atom stereocenters. The van der Waals surface area contributed by atoms with E-state index in [1.165, 1.54) is 16.9 Å². The van der Waals surface area contributed by atoms with Crippen LogP contribution in [0.4, 0.5) is 10.8 Å². The second-order valence-corrected chi connectivity index (χ2v) is 8.67. The zero-order valence-electron chi connectivity index (χ0n) is 16.3. The van der Waals surface area contributed by atoms with E-state index in [2.05, 4.69) is 33.0 Å². The molecule has 0 aliphatic rings. The number of para-hydroxylation sites is 1. The maximum absolute atomic E-state index is 12.8. The van der Waals surface area contributed by atoms with Crippen LogP contribution < -0.4 is 10.6 Å². The number of hydrogen-bond donors (Lipinski definition) is 2. The third kappa shape index (κ3) is 5.56. The van der Waals surface area contributed by atoms with Gasteiger partial charge in [0.1, 0.15) is 0 Å². The summed E-state index contributed by atoms with van der Waals surface area (Å²) >= 11 is 2.88. The number of carbonyl (C=O) groups is 2. The van der Waals surface area contributed by atoms with Gasteiger partial charge < -0.3 is 5.32 Å². The molecular formula is C23H18N4O2S2. The van der Waals surface area contributed by atoms with E-state index < -0.39 is 0 Å². The van der Waals surface area contributed by atoms with Gasteiger partial charge in [-0.15, -0.1) is 10.2 Å². The van der Waals surface area contributed by atoms with Crippen molar-refractivity contribution in [2.45, 2.75) is 10.1 Å². The number of anilines is 2. The number of nitrogens with one attached hydrogen (secondary N) is 2. The van der Waals surface area contributed by atoms with Crippen LogP contribution in [0.15, 0.2) is 89.3 Å². The Morgan fingerprint density at radius 3 is 2.23 bits per heavy atom. The number of hydrogen-bond acceptors (Lipinski definition) is 6. The smallest absolute Gasteiger partial charge is 0.259 e. The Morgan fingerprint density at radius 2 is 1.45 bits per heavy atom. The predicted octanol–water partition coefficient (Wildman–Crippen LogP) is 5.34. The summed E-state index contributed by atoms with van der Waals surface area (Å²) in [6.07, 6.45) is 0. The highest BCUT2D eigenvalue weighted by atomic mass is 32.2. The van der Waals surface area contributed by atoms with Gasteiger partial charge in [-0.2, -0.15) is 0 Å². The van der Waals surface area contributed by atoms with Crippen molar-refractivity contribution in [1.82, 2.24) is 10.2 Å². The second kappa shape index (κ2) is 10.0. The van der Waals surface area contributed by atoms with Crippen molar-refractivity contribution in [1.29, 1.82) is 0 Å². The van der Waals surface area contributed by atoms with Crippen molar-refractivity contribution in [3.05, 3.63) is 102 Å². The predicted molar refractivity (Wildman–Crippen MR) is 125 cm³/mol. The quantitative estimate of drug-likeness (QED) is 0.296. The third-order valence-electron chi connectivity index (χ3n) is 4.29. The Balaban J connectivity index is 1.41. The van der Waals surface area contributed by atoms with Gasteiger partial charge in [0, 0.05) is 11.3 Å². The lowest BCUT2D eigenvalue weighted by atomic mass is 10.1. The fraction of sp³-hybridized carbons (Fsp3) is 0.0435. The minimum absolute atomic E-state index is 0.281. The van der Waals surface area contributed by atoms with Crippen LogP contribution in [0, 0.1) is 0 Å². The van der Waals surface area contributed by atoms with Gasteiger partial charge in [-0.05, 0) is 29.8 Å². The molecule has 0 fully saturated rings. The molecule has 154 valence electrons. The topological polar surface area (TPSA) is 84.0 Å². The molecule has 1 aromatic heterocycles. The molecule has 2 amide bonds. The van der Waals surface area contributed by atoms with Crippen LogP contribution in [0.3, 0.4) is 0 Å². The molecule has 0 bridgehead atoms. The molecule has 3 aromatic carbocycles. The Hall–Kier alpha value is -3.49. The second-order valence-electron chi connectivity index (χ2n) is 6.47. The van der Waals surface area contributed by atoms with Crippen LogP contribution in [-0.2, 0) is 5.75 Å². The highest BCUT2D eigenvalue weighted by Gasteiger charge is 2.16. The largest absolute Gasteiger partial charge is 0.321 e. The normalized spacial score (nSPS) is 10.5. The molecule has 0 unspecified atom stereocenters. The molecular weight excluding hydrogens is 428 g/mol. The summed E-state index contributed by atoms with van der Waals surface area (Å²) in [6.45, 7) is 0. The summed E-state index contributed by atoms with van der Waals surface area (Å²) < 4.78 is 0.768. The molecule has 0 saturated carbocycles. The zero-order valence-corrected chi connectivity index (χ0v) is 18.0. The Bertz CT molecular complexity index is 1180. The molecule has 4 aromatic rings. The Morgan fingerprint density at radius 1 is 0.774 bits per heavy atom. The van der Waals surface area contributed by atoms with Gasteiger partial charge in [0.05, 0.1) is 11.3 Å². The van der Waals surface area contributed by atoms with Crippen molar-refractivity contribution in [3.63, 3.8) is 0 Å². The van der Waals surface area contributed by atoms with Crippen molar-refractivity contribution < 1.29 is 9.59 Å². The first kappa shape index (κ1) is 20.8. The average molecular weight is 447 g/mol. The first-order valence-electron chi connectivity index (χ1n) is 9.46. The summed E-state index contributed by atoms with van der Waals surface area (Å²) in [6, 6.07) is 25.8. The SMILES string of the molecule is O=C(Nc1ccccc1C(=O)Nc1nnc(SCc2ccccc2)s1)c1ccccc1. The molecule has 0 radical (unpaired) electrons. The van der Waals surface area contributed by atoms with E-state index in [4.69, 9.17) is 0 Å². The Kier molecular flexibility index (Phi) is 6.71. The van der Waals surface area contributed by atoms with Crippen LogP contribution in [-0.4, -0.2) is 22.0 Å². The highest BCUT2D eigenvalue weighted by Crippen LogP contribution is 2.29. The van der Waals surface area contributed by atoms with E-state index in [0.29, 0.717) is 21.9 Å². The number of aromatic nitrogens is 2. The minimum atomic E-state index is -0.361. The van der Waals surface area contributed by atoms with Gasteiger partial charge in [0.15, 0.2) is 4.34 Å². The molecule has 2 N–H and O–H groups in total. The van der Waals surface area contributed by atoms with E-state index in [9.17, 15) is 9.59 Å². The van der Waals surface area contributed by atoms with Gasteiger partial charge in [-0.25, -0.2) is 0 Å². The summed E-state index contributed by atoms with van der Waals surface area (Å²) in [5, 5.41) is 14.2. The molecule has 0 saturated heterocycles. The summed E-state index contributed by atoms with van der Waals surface area (Å²) in [7, 11) is 0. The van der Waals surface area contributed by atoms with Gasteiger partial charge in [0.2, 0.25) is 5.13 Å². The van der Waals surface area contributed by atoms with Crippen molar-refractivity contribution in [2.75, 3.05) is 10.6 Å². The number of rotatable bonds is 7. The fourth-order valence-corrected chi connectivity index (χ4v) is 4.48. The van der Waals surface area contributed by atoms with Crippen molar-refractivity contribution in [2.24, 2.45) is 0 Å². The number of carbonyl (C=O) groups excluding carboxylic acids is 2. The first-order chi connectivity index (χ1) is 15.2. The standard InChI is InChI=1S/C23H18N4O2S2/c28-20(17-11-5-2-6-12-17)24-19-14-8-7-13-18(19)21(29)25-22-26-27-23(31-22)30-15-16-9-3-1-4-10-16/h1-14H,15H2,(H,24,28)(H,25,26,29). The fourth-order valence-electron chi connectivity index (χ4n) is 2.78. The molecule has 31 heavy (non-hydrogen) atoms. The van der Waals surface area contributed by atoms with Gasteiger partial charge in [-0.1, -0.05) is 83.8 Å². The van der Waals surface area contributed by atoms with Crippen molar-refractivity contribution >= 4 is 45.7 Å². The lowest BCUT2D eigenvalue weighted by molar-refractivity contribution is 0.102. The molecule has 0 aliphatic heterocycles. The molecule has 6 nitrogen and oxygen atoms in total. The molecule has 0 spiro atoms. The van der Waals surface area contributed by atoms with E-state index >= 15 is 0 Å². The molecule has 0 aliphatic carbocycles. The van der Waals surface area contributed by atoms with E-state index in [0.717, 1.165) is 10.1 Å². The third-order valence-corrected chi connectivity index (χ3v) is 6.33. The molecule has 1 heterocycles. The summed E-state index contributed by atoms with van der Waals surface area (Å²) in [5.41, 5.74) is 2.48. The number of amides is 2. The minimum Gasteiger partial charge on any atom is -0.321 e. The average Bonchev–Trinajstić information content (AvgIpc) is 3.26. The molecule has 4 rings (SSSR count). The van der Waals surface area contributed by atoms with Gasteiger partial charge in [-0.3, -0.25) is 14.9 Å². The van der Waals surface area contributed by atoms with Gasteiger partial charge in [0.25, 0.3) is 11.8 Å². The molecule has 8 heteroatoms. The van der Waals surface area contributed by atoms with E-state index in [-0.39, 0.29) is 11.8 Å². The van der Waals surface area contributed by atoms with Crippen LogP contribution >= 0.6 is 23.1 Å². The Labute approximate surface area is 187 Å². The van der Waals surface area contributed by atoms with E-state index in [1.807, 2.05) is 24.3 Å². The van der Waals surface area contributed by atoms with Crippen LogP contribution in [0.5, 0.6) is 0 Å². The summed E-state index contributed by atoms with van der Waals surface area (Å²) in [5.74, 6) is 0.133. The van der Waals surface area contributed by atoms with Crippen LogP contribution in [0.1, 0.15) is 26.3 Å². The summed E-state index contributed by atoms with van der Waals surface area (Å²) in [4.78, 5) is 25.3. The lowest BCUT2D eigenvalue weighted by Gasteiger charge is -2.10. The maximum atomic E-state index is 12.8. The van der Waals surface area contributed by atoms with Gasteiger partial charge >= 0.3 is 0 Å². The van der Waals surface area contributed by atoms with Crippen LogP contribution in [0.25, 0.3) is 0 Å². The number of benzene rings is 3.